The fourth-order valence-electron chi connectivity index (χ4n) is 1.56. The lowest BCUT2D eigenvalue weighted by Crippen LogP contribution is -1.95. The molecule has 0 radical (unpaired) electrons. The van der Waals surface area contributed by atoms with Crippen molar-refractivity contribution in [3.63, 3.8) is 0 Å². The Bertz CT molecular complexity index is 719. The maximum Gasteiger partial charge on any atom is 0.287 e. The number of nitrogens with one attached hydrogen (secondary N) is 1. The molecule has 0 aliphatic heterocycles. The molecule has 0 aliphatic carbocycles. The summed E-state index contributed by atoms with van der Waals surface area (Å²) in [5.41, 5.74) is 3.11. The Morgan fingerprint density at radius 2 is 2.27 bits per heavy atom. The van der Waals surface area contributed by atoms with Gasteiger partial charge in [-0.1, -0.05) is 11.6 Å². The van der Waals surface area contributed by atoms with E-state index in [-0.39, 0.29) is 22.2 Å². The first-order chi connectivity index (χ1) is 10.5. The second-order valence-electron chi connectivity index (χ2n) is 4.08. The van der Waals surface area contributed by atoms with Crippen molar-refractivity contribution < 1.29 is 14.8 Å². The molecule has 0 aliphatic rings. The van der Waals surface area contributed by atoms with Gasteiger partial charge in [0.15, 0.2) is 11.5 Å². The number of anilines is 1. The number of hydrogen-bond acceptors (Lipinski definition) is 7. The third-order valence-corrected chi connectivity index (χ3v) is 2.91. The number of phenols is 1. The predicted molar refractivity (Wildman–Crippen MR) is 81.8 cm³/mol. The summed E-state index contributed by atoms with van der Waals surface area (Å²) in [6.45, 7) is 0. The lowest BCUT2D eigenvalue weighted by molar-refractivity contribution is -0.385. The standard InChI is InChI=1S/C13H11ClN4O4/c1-22-11-5-8(4-10(14)13(11)19)6-16-17-12-3-2-9(7-15-12)18(20)21/h2-7,19H,1H3,(H,15,17)/b16-6+. The highest BCUT2D eigenvalue weighted by atomic mass is 35.5. The van der Waals surface area contributed by atoms with Gasteiger partial charge in [-0.15, -0.1) is 0 Å². The van der Waals surface area contributed by atoms with Crippen LogP contribution in [0.5, 0.6) is 11.5 Å². The number of benzene rings is 1. The molecule has 0 fully saturated rings. The van der Waals surface area contributed by atoms with Crippen molar-refractivity contribution in [1.82, 2.24) is 4.98 Å². The van der Waals surface area contributed by atoms with Gasteiger partial charge in [0.05, 0.1) is 23.3 Å². The van der Waals surface area contributed by atoms with Gasteiger partial charge in [0, 0.05) is 6.07 Å². The molecule has 0 atom stereocenters. The van der Waals surface area contributed by atoms with Crippen molar-refractivity contribution in [1.29, 1.82) is 0 Å². The van der Waals surface area contributed by atoms with E-state index in [9.17, 15) is 15.2 Å². The molecule has 2 aromatic rings. The molecule has 0 unspecified atom stereocenters. The summed E-state index contributed by atoms with van der Waals surface area (Å²) in [6.07, 6.45) is 2.56. The normalized spacial score (nSPS) is 10.6. The maximum absolute atomic E-state index is 10.5. The van der Waals surface area contributed by atoms with Gasteiger partial charge in [-0.25, -0.2) is 4.98 Å². The summed E-state index contributed by atoms with van der Waals surface area (Å²) in [5.74, 6) is 0.424. The van der Waals surface area contributed by atoms with Crippen LogP contribution in [0.4, 0.5) is 11.5 Å². The summed E-state index contributed by atoms with van der Waals surface area (Å²) in [4.78, 5) is 13.8. The van der Waals surface area contributed by atoms with E-state index in [4.69, 9.17) is 16.3 Å². The average Bonchev–Trinajstić information content (AvgIpc) is 2.51. The number of methoxy groups -OCH3 is 1. The highest BCUT2D eigenvalue weighted by Crippen LogP contribution is 2.34. The van der Waals surface area contributed by atoms with Crippen molar-refractivity contribution >= 4 is 29.3 Å². The zero-order valence-corrected chi connectivity index (χ0v) is 12.1. The Morgan fingerprint density at radius 3 is 2.86 bits per heavy atom. The number of hydrogen-bond donors (Lipinski definition) is 2. The van der Waals surface area contributed by atoms with Crippen LogP contribution in [0.1, 0.15) is 5.56 Å². The van der Waals surface area contributed by atoms with Crippen LogP contribution in [-0.2, 0) is 0 Å². The molecule has 1 aromatic heterocycles. The van der Waals surface area contributed by atoms with Gasteiger partial charge in [0.1, 0.15) is 12.0 Å². The van der Waals surface area contributed by atoms with Crippen LogP contribution in [-0.4, -0.2) is 28.3 Å². The van der Waals surface area contributed by atoms with E-state index in [2.05, 4.69) is 15.5 Å². The fourth-order valence-corrected chi connectivity index (χ4v) is 1.78. The molecule has 1 heterocycles. The quantitative estimate of drug-likeness (QED) is 0.497. The molecule has 114 valence electrons. The molecule has 1 aromatic carbocycles. The number of aromatic nitrogens is 1. The molecule has 0 saturated carbocycles. The molecule has 8 nitrogen and oxygen atoms in total. The van der Waals surface area contributed by atoms with Crippen LogP contribution in [0.25, 0.3) is 0 Å². The Labute approximate surface area is 130 Å². The minimum absolute atomic E-state index is 0.107. The zero-order valence-electron chi connectivity index (χ0n) is 11.4. The molecule has 9 heteroatoms. The van der Waals surface area contributed by atoms with Gasteiger partial charge in [0.25, 0.3) is 5.69 Å². The van der Waals surface area contributed by atoms with Crippen molar-refractivity contribution in [3.8, 4) is 11.5 Å². The summed E-state index contributed by atoms with van der Waals surface area (Å²) < 4.78 is 4.97. The molecular formula is C13H11ClN4O4. The van der Waals surface area contributed by atoms with Crippen LogP contribution in [0.3, 0.4) is 0 Å². The smallest absolute Gasteiger partial charge is 0.287 e. The summed E-state index contributed by atoms with van der Waals surface area (Å²) in [5, 5.41) is 24.2. The van der Waals surface area contributed by atoms with Crippen molar-refractivity contribution in [3.05, 3.63) is 51.2 Å². The first-order valence-electron chi connectivity index (χ1n) is 5.97. The first kappa shape index (κ1) is 15.5. The third kappa shape index (κ3) is 3.61. The monoisotopic (exact) mass is 322 g/mol. The number of hydrazone groups is 1. The number of aromatic hydroxyl groups is 1. The van der Waals surface area contributed by atoms with E-state index in [1.54, 1.807) is 6.07 Å². The molecule has 22 heavy (non-hydrogen) atoms. The van der Waals surface area contributed by atoms with Crippen LogP contribution >= 0.6 is 11.6 Å². The number of nitro groups is 1. The van der Waals surface area contributed by atoms with E-state index in [1.165, 1.54) is 31.5 Å². The van der Waals surface area contributed by atoms with Gasteiger partial charge < -0.3 is 9.84 Å². The Hall–Kier alpha value is -2.87. The molecule has 2 N–H and O–H groups in total. The molecular weight excluding hydrogens is 312 g/mol. The minimum Gasteiger partial charge on any atom is -0.503 e. The van der Waals surface area contributed by atoms with E-state index in [0.29, 0.717) is 11.4 Å². The van der Waals surface area contributed by atoms with Gasteiger partial charge in [0.2, 0.25) is 0 Å². The van der Waals surface area contributed by atoms with Crippen molar-refractivity contribution in [2.45, 2.75) is 0 Å². The topological polar surface area (TPSA) is 110 Å². The van der Waals surface area contributed by atoms with Crippen LogP contribution in [0, 0.1) is 10.1 Å². The highest BCUT2D eigenvalue weighted by molar-refractivity contribution is 6.32. The van der Waals surface area contributed by atoms with Crippen LogP contribution in [0.2, 0.25) is 5.02 Å². The first-order valence-corrected chi connectivity index (χ1v) is 6.35. The predicted octanol–water partition coefficient (Wildman–Crippen LogP) is 2.80. The summed E-state index contributed by atoms with van der Waals surface area (Å²) >= 11 is 5.85. The van der Waals surface area contributed by atoms with Crippen LogP contribution < -0.4 is 10.2 Å². The number of nitrogens with zero attached hydrogens (tertiary/aromatic N) is 3. The van der Waals surface area contributed by atoms with Gasteiger partial charge in [-0.2, -0.15) is 5.10 Å². The van der Waals surface area contributed by atoms with E-state index < -0.39 is 4.92 Å². The molecule has 0 bridgehead atoms. The molecule has 2 rings (SSSR count). The van der Waals surface area contributed by atoms with Gasteiger partial charge in [-0.3, -0.25) is 15.5 Å². The van der Waals surface area contributed by atoms with E-state index >= 15 is 0 Å². The number of phenolic OH excluding ortho intramolecular Hbond substituents is 1. The third-order valence-electron chi connectivity index (χ3n) is 2.62. The lowest BCUT2D eigenvalue weighted by atomic mass is 10.2. The number of ether oxygens (including phenoxy) is 1. The van der Waals surface area contributed by atoms with E-state index in [0.717, 1.165) is 6.20 Å². The number of halogens is 1. The summed E-state index contributed by atoms with van der Waals surface area (Å²) in [6, 6.07) is 5.80. The van der Waals surface area contributed by atoms with Gasteiger partial charge in [-0.05, 0) is 23.8 Å². The molecule has 0 saturated heterocycles. The summed E-state index contributed by atoms with van der Waals surface area (Å²) in [7, 11) is 1.41. The van der Waals surface area contributed by atoms with Gasteiger partial charge >= 0.3 is 0 Å². The Balaban J connectivity index is 2.09. The van der Waals surface area contributed by atoms with Crippen LogP contribution in [0.15, 0.2) is 35.6 Å². The largest absolute Gasteiger partial charge is 0.503 e. The highest BCUT2D eigenvalue weighted by Gasteiger charge is 2.08. The number of pyridine rings is 1. The maximum atomic E-state index is 10.5. The van der Waals surface area contributed by atoms with E-state index in [1.807, 2.05) is 0 Å². The second-order valence-corrected chi connectivity index (χ2v) is 4.49. The average molecular weight is 323 g/mol. The SMILES string of the molecule is COc1cc(/C=N/Nc2ccc([N+](=O)[O-])cn2)cc(Cl)c1O. The number of rotatable bonds is 5. The fraction of sp³-hybridized carbons (Fsp3) is 0.0769. The Morgan fingerprint density at radius 1 is 1.50 bits per heavy atom. The zero-order chi connectivity index (χ0) is 16.1. The van der Waals surface area contributed by atoms with Crippen molar-refractivity contribution in [2.75, 3.05) is 12.5 Å². The Kier molecular flexibility index (Phi) is 4.74. The molecule has 0 spiro atoms. The minimum atomic E-state index is -0.537. The van der Waals surface area contributed by atoms with Crippen molar-refractivity contribution in [2.24, 2.45) is 5.10 Å². The molecule has 0 amide bonds. The second kappa shape index (κ2) is 6.72. The lowest BCUT2D eigenvalue weighted by Gasteiger charge is -2.06.